The minimum atomic E-state index is 0.0734. The SMILES string of the molecule is Cc1ccc(C(Br)c2ccc3[nH]c4ccccc4c3c2)o1. The maximum atomic E-state index is 5.73. The van der Waals surface area contributed by atoms with E-state index in [-0.39, 0.29) is 4.83 Å². The second kappa shape index (κ2) is 4.78. The molecule has 2 aromatic carbocycles. The molecule has 21 heavy (non-hydrogen) atoms. The topological polar surface area (TPSA) is 28.9 Å². The van der Waals surface area contributed by atoms with E-state index in [4.69, 9.17) is 4.42 Å². The summed E-state index contributed by atoms with van der Waals surface area (Å²) in [5, 5.41) is 2.50. The molecule has 2 aromatic heterocycles. The number of hydrogen-bond donors (Lipinski definition) is 1. The van der Waals surface area contributed by atoms with Gasteiger partial charge in [0, 0.05) is 21.8 Å². The van der Waals surface area contributed by atoms with Crippen molar-refractivity contribution < 1.29 is 4.42 Å². The fourth-order valence-corrected chi connectivity index (χ4v) is 3.31. The third-order valence-electron chi connectivity index (χ3n) is 3.83. The standard InChI is InChI=1S/C18H14BrNO/c1-11-6-9-17(21-11)18(19)12-7-8-16-14(10-12)13-4-2-3-5-15(13)20-16/h2-10,18,20H,1H3. The summed E-state index contributed by atoms with van der Waals surface area (Å²) in [6.07, 6.45) is 0. The van der Waals surface area contributed by atoms with Crippen LogP contribution in [-0.4, -0.2) is 4.98 Å². The number of furan rings is 1. The van der Waals surface area contributed by atoms with Crippen molar-refractivity contribution in [1.29, 1.82) is 0 Å². The van der Waals surface area contributed by atoms with Crippen LogP contribution in [0.2, 0.25) is 0 Å². The van der Waals surface area contributed by atoms with E-state index in [9.17, 15) is 0 Å². The van der Waals surface area contributed by atoms with Crippen molar-refractivity contribution in [2.24, 2.45) is 0 Å². The summed E-state index contributed by atoms with van der Waals surface area (Å²) in [4.78, 5) is 3.52. The smallest absolute Gasteiger partial charge is 0.122 e. The number of aromatic amines is 1. The monoisotopic (exact) mass is 339 g/mol. The van der Waals surface area contributed by atoms with Gasteiger partial charge in [-0.3, -0.25) is 0 Å². The quantitative estimate of drug-likeness (QED) is 0.466. The Morgan fingerprint density at radius 1 is 0.952 bits per heavy atom. The number of halogens is 1. The molecule has 0 aliphatic carbocycles. The average Bonchev–Trinajstić information content (AvgIpc) is 3.09. The van der Waals surface area contributed by atoms with Crippen LogP contribution in [0, 0.1) is 6.92 Å². The predicted molar refractivity (Wildman–Crippen MR) is 90.0 cm³/mol. The molecule has 2 heterocycles. The van der Waals surface area contributed by atoms with E-state index in [1.807, 2.05) is 19.1 Å². The van der Waals surface area contributed by atoms with Gasteiger partial charge in [0.15, 0.2) is 0 Å². The van der Waals surface area contributed by atoms with Gasteiger partial charge in [0.2, 0.25) is 0 Å². The lowest BCUT2D eigenvalue weighted by Gasteiger charge is -2.07. The van der Waals surface area contributed by atoms with E-state index >= 15 is 0 Å². The summed E-state index contributed by atoms with van der Waals surface area (Å²) in [6, 6.07) is 18.9. The molecule has 0 amide bonds. The maximum Gasteiger partial charge on any atom is 0.122 e. The molecule has 4 aromatic rings. The Balaban J connectivity index is 1.88. The van der Waals surface area contributed by atoms with Crippen LogP contribution < -0.4 is 0 Å². The number of aryl methyl sites for hydroxylation is 1. The van der Waals surface area contributed by atoms with E-state index in [2.05, 4.69) is 63.4 Å². The molecule has 0 aliphatic rings. The predicted octanol–water partition coefficient (Wildman–Crippen LogP) is 5.71. The number of hydrogen-bond acceptors (Lipinski definition) is 1. The lowest BCUT2D eigenvalue weighted by atomic mass is 10.1. The molecule has 4 rings (SSSR count). The number of H-pyrrole nitrogens is 1. The average molecular weight is 340 g/mol. The number of para-hydroxylation sites is 1. The maximum absolute atomic E-state index is 5.73. The van der Waals surface area contributed by atoms with Crippen LogP contribution >= 0.6 is 15.9 Å². The van der Waals surface area contributed by atoms with Gasteiger partial charge in [-0.25, -0.2) is 0 Å². The van der Waals surface area contributed by atoms with Gasteiger partial charge < -0.3 is 9.40 Å². The van der Waals surface area contributed by atoms with Crippen LogP contribution in [0.4, 0.5) is 0 Å². The molecular formula is C18H14BrNO. The summed E-state index contributed by atoms with van der Waals surface area (Å²) in [6.45, 7) is 1.96. The molecule has 1 atom stereocenters. The van der Waals surface area contributed by atoms with Crippen molar-refractivity contribution in [1.82, 2.24) is 4.98 Å². The number of rotatable bonds is 2. The Labute approximate surface area is 130 Å². The molecule has 0 fully saturated rings. The first-order valence-electron chi connectivity index (χ1n) is 6.93. The van der Waals surface area contributed by atoms with Crippen LogP contribution in [0.1, 0.15) is 21.9 Å². The van der Waals surface area contributed by atoms with Crippen molar-refractivity contribution >= 4 is 37.7 Å². The van der Waals surface area contributed by atoms with Crippen molar-refractivity contribution in [2.45, 2.75) is 11.8 Å². The molecule has 0 saturated heterocycles. The van der Waals surface area contributed by atoms with Gasteiger partial charge in [0.25, 0.3) is 0 Å². The van der Waals surface area contributed by atoms with Gasteiger partial charge in [-0.05, 0) is 42.8 Å². The molecule has 0 radical (unpaired) electrons. The first kappa shape index (κ1) is 12.7. The molecule has 0 aliphatic heterocycles. The fourth-order valence-electron chi connectivity index (χ4n) is 2.78. The van der Waals surface area contributed by atoms with Gasteiger partial charge in [-0.2, -0.15) is 0 Å². The van der Waals surface area contributed by atoms with E-state index in [1.165, 1.54) is 21.9 Å². The lowest BCUT2D eigenvalue weighted by molar-refractivity contribution is 0.492. The third kappa shape index (κ3) is 2.09. The van der Waals surface area contributed by atoms with Gasteiger partial charge >= 0.3 is 0 Å². The number of benzene rings is 2. The highest BCUT2D eigenvalue weighted by molar-refractivity contribution is 9.09. The molecule has 1 N–H and O–H groups in total. The summed E-state index contributed by atoms with van der Waals surface area (Å²) in [5.41, 5.74) is 3.53. The zero-order valence-electron chi connectivity index (χ0n) is 11.6. The van der Waals surface area contributed by atoms with Crippen molar-refractivity contribution in [3.05, 3.63) is 71.7 Å². The first-order valence-corrected chi connectivity index (χ1v) is 7.85. The fraction of sp³-hybridized carbons (Fsp3) is 0.111. The normalized spacial score (nSPS) is 13.0. The van der Waals surface area contributed by atoms with Crippen molar-refractivity contribution in [2.75, 3.05) is 0 Å². The van der Waals surface area contributed by atoms with E-state index < -0.39 is 0 Å². The van der Waals surface area contributed by atoms with Crippen LogP contribution in [0.25, 0.3) is 21.8 Å². The van der Waals surface area contributed by atoms with Gasteiger partial charge in [-0.15, -0.1) is 0 Å². The molecule has 1 unspecified atom stereocenters. The highest BCUT2D eigenvalue weighted by atomic mass is 79.9. The van der Waals surface area contributed by atoms with Crippen LogP contribution in [0.15, 0.2) is 59.0 Å². The van der Waals surface area contributed by atoms with E-state index in [0.29, 0.717) is 0 Å². The largest absolute Gasteiger partial charge is 0.465 e. The van der Waals surface area contributed by atoms with Gasteiger partial charge in [0.1, 0.15) is 11.5 Å². The highest BCUT2D eigenvalue weighted by Gasteiger charge is 2.15. The zero-order chi connectivity index (χ0) is 14.4. The lowest BCUT2D eigenvalue weighted by Crippen LogP contribution is -1.90. The van der Waals surface area contributed by atoms with Gasteiger partial charge in [0.05, 0.1) is 4.83 Å². The Bertz CT molecular complexity index is 935. The Kier molecular flexibility index (Phi) is 2.89. The Morgan fingerprint density at radius 2 is 1.76 bits per heavy atom. The Morgan fingerprint density at radius 3 is 2.57 bits per heavy atom. The number of aromatic nitrogens is 1. The minimum Gasteiger partial charge on any atom is -0.465 e. The molecule has 104 valence electrons. The number of alkyl halides is 1. The summed E-state index contributed by atoms with van der Waals surface area (Å²) < 4.78 is 5.73. The van der Waals surface area contributed by atoms with Crippen LogP contribution in [0.3, 0.4) is 0 Å². The summed E-state index contributed by atoms with van der Waals surface area (Å²) >= 11 is 3.74. The summed E-state index contributed by atoms with van der Waals surface area (Å²) in [5.74, 6) is 1.87. The third-order valence-corrected chi connectivity index (χ3v) is 4.81. The van der Waals surface area contributed by atoms with Crippen LogP contribution in [0.5, 0.6) is 0 Å². The second-order valence-corrected chi connectivity index (χ2v) is 6.20. The molecular weight excluding hydrogens is 326 g/mol. The van der Waals surface area contributed by atoms with Crippen molar-refractivity contribution in [3.8, 4) is 0 Å². The first-order chi connectivity index (χ1) is 10.2. The molecule has 0 spiro atoms. The molecule has 2 nitrogen and oxygen atoms in total. The van der Waals surface area contributed by atoms with Gasteiger partial charge in [-0.1, -0.05) is 40.2 Å². The Hall–Kier alpha value is -2.00. The number of nitrogens with one attached hydrogen (secondary N) is 1. The van der Waals surface area contributed by atoms with E-state index in [0.717, 1.165) is 17.0 Å². The molecule has 0 saturated carbocycles. The minimum absolute atomic E-state index is 0.0734. The second-order valence-electron chi connectivity index (χ2n) is 5.29. The zero-order valence-corrected chi connectivity index (χ0v) is 13.1. The molecule has 3 heteroatoms. The number of fused-ring (bicyclic) bond motifs is 3. The van der Waals surface area contributed by atoms with Crippen LogP contribution in [-0.2, 0) is 0 Å². The highest BCUT2D eigenvalue weighted by Crippen LogP contribution is 2.35. The van der Waals surface area contributed by atoms with Crippen molar-refractivity contribution in [3.63, 3.8) is 0 Å². The molecule has 0 bridgehead atoms. The van der Waals surface area contributed by atoms with E-state index in [1.54, 1.807) is 0 Å². The summed E-state index contributed by atoms with van der Waals surface area (Å²) in [7, 11) is 0.